The number of Topliss-reactive ketones (excluding diaryl/α,β-unsaturated/α-hetero) is 1. The van der Waals surface area contributed by atoms with Gasteiger partial charge in [-0.25, -0.2) is 4.79 Å². The van der Waals surface area contributed by atoms with E-state index in [0.717, 1.165) is 5.56 Å². The molecule has 0 bridgehead atoms. The number of carbonyl (C=O) groups is 3. The highest BCUT2D eigenvalue weighted by atomic mass is 16.5. The van der Waals surface area contributed by atoms with Crippen molar-refractivity contribution < 1.29 is 29.3 Å². The second-order valence-corrected chi connectivity index (χ2v) is 8.07. The maximum atomic E-state index is 13.1. The molecule has 1 unspecified atom stereocenters. The molecule has 1 aliphatic heterocycles. The number of aromatic carboxylic acids is 1. The predicted octanol–water partition coefficient (Wildman–Crippen LogP) is 4.32. The lowest BCUT2D eigenvalue weighted by molar-refractivity contribution is -0.140. The first-order valence-electron chi connectivity index (χ1n) is 10.6. The minimum absolute atomic E-state index is 0.00109. The third kappa shape index (κ3) is 4.28. The summed E-state index contributed by atoms with van der Waals surface area (Å²) in [5.74, 6) is -2.20. The van der Waals surface area contributed by atoms with Crippen LogP contribution in [0.2, 0.25) is 0 Å². The molecule has 1 fully saturated rings. The highest BCUT2D eigenvalue weighted by Crippen LogP contribution is 2.40. The number of benzene rings is 3. The van der Waals surface area contributed by atoms with Gasteiger partial charge in [0.2, 0.25) is 0 Å². The number of carboxylic acid groups (broad SMARTS) is 1. The van der Waals surface area contributed by atoms with Gasteiger partial charge in [-0.1, -0.05) is 54.1 Å². The van der Waals surface area contributed by atoms with Crippen molar-refractivity contribution in [2.45, 2.75) is 19.5 Å². The molecule has 3 aromatic carbocycles. The zero-order chi connectivity index (χ0) is 24.4. The molecule has 1 aliphatic rings. The van der Waals surface area contributed by atoms with Gasteiger partial charge in [-0.15, -0.1) is 0 Å². The van der Waals surface area contributed by atoms with Crippen molar-refractivity contribution in [1.82, 2.24) is 4.90 Å². The molecule has 0 saturated carbocycles. The minimum Gasteiger partial charge on any atom is -0.507 e. The normalized spacial score (nSPS) is 17.1. The zero-order valence-electron chi connectivity index (χ0n) is 18.7. The molecule has 1 amide bonds. The predicted molar refractivity (Wildman–Crippen MR) is 125 cm³/mol. The van der Waals surface area contributed by atoms with Crippen LogP contribution in [0.5, 0.6) is 5.75 Å². The molecule has 1 saturated heterocycles. The summed E-state index contributed by atoms with van der Waals surface area (Å²) in [5, 5.41) is 20.2. The fourth-order valence-corrected chi connectivity index (χ4v) is 3.99. The van der Waals surface area contributed by atoms with E-state index in [0.29, 0.717) is 22.4 Å². The monoisotopic (exact) mass is 457 g/mol. The summed E-state index contributed by atoms with van der Waals surface area (Å²) in [5.41, 5.74) is 2.84. The first-order valence-corrected chi connectivity index (χ1v) is 10.6. The van der Waals surface area contributed by atoms with Gasteiger partial charge in [-0.3, -0.25) is 9.59 Å². The summed E-state index contributed by atoms with van der Waals surface area (Å²) in [6.07, 6.45) is 0. The Bertz CT molecular complexity index is 1270. The molecular formula is C27H23NO6. The van der Waals surface area contributed by atoms with E-state index in [9.17, 15) is 19.5 Å². The smallest absolute Gasteiger partial charge is 0.335 e. The van der Waals surface area contributed by atoms with Gasteiger partial charge in [0.1, 0.15) is 11.5 Å². The van der Waals surface area contributed by atoms with Gasteiger partial charge >= 0.3 is 5.97 Å². The number of nitrogens with zero attached hydrogens (tertiary/aromatic N) is 1. The number of aliphatic hydroxyl groups excluding tert-OH is 1. The lowest BCUT2D eigenvalue weighted by atomic mass is 9.95. The largest absolute Gasteiger partial charge is 0.507 e. The van der Waals surface area contributed by atoms with Gasteiger partial charge in [0.15, 0.2) is 0 Å². The van der Waals surface area contributed by atoms with E-state index >= 15 is 0 Å². The number of ether oxygens (including phenoxy) is 1. The Morgan fingerprint density at radius 1 is 0.882 bits per heavy atom. The number of aryl methyl sites for hydroxylation is 1. The third-order valence-corrected chi connectivity index (χ3v) is 5.85. The third-order valence-electron chi connectivity index (χ3n) is 5.85. The summed E-state index contributed by atoms with van der Waals surface area (Å²) in [6.45, 7) is 1.97. The zero-order valence-corrected chi connectivity index (χ0v) is 18.7. The molecule has 0 aliphatic carbocycles. The molecule has 7 nitrogen and oxygen atoms in total. The topological polar surface area (TPSA) is 104 Å². The number of likely N-dealkylation sites (tertiary alicyclic amines) is 1. The maximum absolute atomic E-state index is 13.1. The van der Waals surface area contributed by atoms with Crippen molar-refractivity contribution in [2.24, 2.45) is 0 Å². The Morgan fingerprint density at radius 2 is 1.47 bits per heavy atom. The molecule has 7 heteroatoms. The van der Waals surface area contributed by atoms with Crippen LogP contribution in [0.1, 0.15) is 38.7 Å². The van der Waals surface area contributed by atoms with Crippen LogP contribution in [0.4, 0.5) is 0 Å². The van der Waals surface area contributed by atoms with Gasteiger partial charge < -0.3 is 19.8 Å². The first-order chi connectivity index (χ1) is 16.3. The number of methoxy groups -OCH3 is 1. The highest BCUT2D eigenvalue weighted by molar-refractivity contribution is 6.46. The van der Waals surface area contributed by atoms with Gasteiger partial charge in [-0.2, -0.15) is 0 Å². The van der Waals surface area contributed by atoms with Crippen LogP contribution >= 0.6 is 0 Å². The van der Waals surface area contributed by atoms with Crippen LogP contribution in [0.3, 0.4) is 0 Å². The minimum atomic E-state index is -1.05. The van der Waals surface area contributed by atoms with Gasteiger partial charge in [0, 0.05) is 12.1 Å². The highest BCUT2D eigenvalue weighted by Gasteiger charge is 2.46. The fraction of sp³-hybridized carbons (Fsp3) is 0.148. The molecule has 4 rings (SSSR count). The number of hydrogen-bond acceptors (Lipinski definition) is 5. The molecule has 0 radical (unpaired) electrons. The van der Waals surface area contributed by atoms with Crippen LogP contribution in [0, 0.1) is 6.92 Å². The van der Waals surface area contributed by atoms with E-state index in [-0.39, 0.29) is 23.4 Å². The summed E-state index contributed by atoms with van der Waals surface area (Å²) in [7, 11) is 1.54. The van der Waals surface area contributed by atoms with E-state index in [2.05, 4.69) is 0 Å². The Kier molecular flexibility index (Phi) is 6.19. The van der Waals surface area contributed by atoms with Crippen molar-refractivity contribution >= 4 is 23.4 Å². The quantitative estimate of drug-likeness (QED) is 0.325. The molecule has 3 aromatic rings. The molecule has 1 atom stereocenters. The average molecular weight is 457 g/mol. The number of aliphatic hydroxyl groups is 1. The summed E-state index contributed by atoms with van der Waals surface area (Å²) >= 11 is 0. The first kappa shape index (κ1) is 22.8. The maximum Gasteiger partial charge on any atom is 0.335 e. The van der Waals surface area contributed by atoms with Gasteiger partial charge in [0.25, 0.3) is 11.7 Å². The molecule has 0 spiro atoms. The number of carboxylic acids is 1. The Balaban J connectivity index is 1.81. The Labute approximate surface area is 196 Å². The average Bonchev–Trinajstić information content (AvgIpc) is 3.09. The Hall–Kier alpha value is -4.39. The van der Waals surface area contributed by atoms with Gasteiger partial charge in [-0.05, 0) is 42.3 Å². The second-order valence-electron chi connectivity index (χ2n) is 8.07. The van der Waals surface area contributed by atoms with Crippen LogP contribution in [-0.2, 0) is 16.1 Å². The number of amides is 1. The lowest BCUT2D eigenvalue weighted by Crippen LogP contribution is -2.29. The van der Waals surface area contributed by atoms with Crippen LogP contribution in [0.15, 0.2) is 78.4 Å². The van der Waals surface area contributed by atoms with Crippen molar-refractivity contribution in [3.8, 4) is 5.75 Å². The molecule has 172 valence electrons. The molecule has 34 heavy (non-hydrogen) atoms. The van der Waals surface area contributed by atoms with Crippen LogP contribution in [0.25, 0.3) is 5.76 Å². The molecule has 1 heterocycles. The number of rotatable bonds is 6. The van der Waals surface area contributed by atoms with Crippen molar-refractivity contribution in [3.05, 3.63) is 106 Å². The fourth-order valence-electron chi connectivity index (χ4n) is 3.99. The molecule has 2 N–H and O–H groups in total. The standard InChI is InChI=1S/C27H23NO6/c1-16-3-7-19(8-4-16)24(29)22-23(18-11-13-21(34-2)14-12-18)28(26(31)25(22)30)15-17-5-9-20(10-6-17)27(32)33/h3-14,23,29H,15H2,1-2H3,(H,32,33)/b24-22+. The van der Waals surface area contributed by atoms with E-state index in [4.69, 9.17) is 9.84 Å². The number of hydrogen-bond donors (Lipinski definition) is 2. The van der Waals surface area contributed by atoms with Crippen molar-refractivity contribution in [1.29, 1.82) is 0 Å². The summed E-state index contributed by atoms with van der Waals surface area (Å²) in [4.78, 5) is 38.8. The number of ketones is 1. The Morgan fingerprint density at radius 3 is 2.03 bits per heavy atom. The molecular weight excluding hydrogens is 434 g/mol. The summed E-state index contributed by atoms with van der Waals surface area (Å²) < 4.78 is 5.23. The number of carbonyl (C=O) groups excluding carboxylic acids is 2. The van der Waals surface area contributed by atoms with E-state index in [1.807, 2.05) is 19.1 Å². The van der Waals surface area contributed by atoms with E-state index < -0.39 is 23.7 Å². The van der Waals surface area contributed by atoms with E-state index in [1.54, 1.807) is 55.6 Å². The van der Waals surface area contributed by atoms with E-state index in [1.165, 1.54) is 17.0 Å². The summed E-state index contributed by atoms with van der Waals surface area (Å²) in [6, 6.07) is 19.3. The molecule has 0 aromatic heterocycles. The van der Waals surface area contributed by atoms with Crippen molar-refractivity contribution in [2.75, 3.05) is 7.11 Å². The van der Waals surface area contributed by atoms with Gasteiger partial charge in [0.05, 0.1) is 24.3 Å². The van der Waals surface area contributed by atoms with Crippen LogP contribution < -0.4 is 4.74 Å². The van der Waals surface area contributed by atoms with Crippen molar-refractivity contribution in [3.63, 3.8) is 0 Å². The lowest BCUT2D eigenvalue weighted by Gasteiger charge is -2.25. The van der Waals surface area contributed by atoms with Crippen LogP contribution in [-0.4, -0.2) is 39.9 Å². The SMILES string of the molecule is COc1ccc(C2/C(=C(\O)c3ccc(C)cc3)C(=O)C(=O)N2Cc2ccc(C(=O)O)cc2)cc1. The second kappa shape index (κ2) is 9.23.